The average Bonchev–Trinajstić information content (AvgIpc) is 2.45. The quantitative estimate of drug-likeness (QED) is 0.718. The van der Waals surface area contributed by atoms with Crippen molar-refractivity contribution in [2.24, 2.45) is 5.41 Å². The zero-order valence-corrected chi connectivity index (χ0v) is 13.0. The lowest BCUT2D eigenvalue weighted by molar-refractivity contribution is 0.0957. The summed E-state index contributed by atoms with van der Waals surface area (Å²) < 4.78 is 0. The fourth-order valence-corrected chi connectivity index (χ4v) is 1.95. The highest BCUT2D eigenvalue weighted by molar-refractivity contribution is 5.91. The van der Waals surface area contributed by atoms with Crippen molar-refractivity contribution >= 4 is 11.7 Å². The van der Waals surface area contributed by atoms with Crippen LogP contribution in [-0.2, 0) is 0 Å². The van der Waals surface area contributed by atoms with E-state index in [1.807, 2.05) is 0 Å². The van der Waals surface area contributed by atoms with E-state index in [2.05, 4.69) is 41.6 Å². The highest BCUT2D eigenvalue weighted by Crippen LogP contribution is 2.23. The van der Waals surface area contributed by atoms with Crippen molar-refractivity contribution < 1.29 is 4.79 Å². The molecule has 5 nitrogen and oxygen atoms in total. The highest BCUT2D eigenvalue weighted by atomic mass is 16.1. The molecule has 0 atom stereocenters. The van der Waals surface area contributed by atoms with Gasteiger partial charge in [0.25, 0.3) is 5.91 Å². The first kappa shape index (κ1) is 16.4. The lowest BCUT2D eigenvalue weighted by Gasteiger charge is -2.25. The van der Waals surface area contributed by atoms with Crippen LogP contribution in [0.1, 0.15) is 56.9 Å². The van der Waals surface area contributed by atoms with Crippen LogP contribution in [0.3, 0.4) is 0 Å². The fraction of sp³-hybridized carbons (Fsp3) is 0.667. The normalized spacial score (nSPS) is 11.2. The molecule has 0 saturated heterocycles. The number of hydrogen-bond donors (Lipinski definition) is 2. The molecule has 0 radical (unpaired) electrons. The van der Waals surface area contributed by atoms with E-state index in [1.165, 1.54) is 25.7 Å². The van der Waals surface area contributed by atoms with E-state index in [0.29, 0.717) is 11.5 Å². The molecule has 0 aromatic carbocycles. The highest BCUT2D eigenvalue weighted by Gasteiger charge is 2.17. The van der Waals surface area contributed by atoms with E-state index in [9.17, 15) is 4.79 Å². The Morgan fingerprint density at radius 1 is 1.25 bits per heavy atom. The zero-order chi connectivity index (χ0) is 15.0. The van der Waals surface area contributed by atoms with Crippen molar-refractivity contribution in [1.82, 2.24) is 15.5 Å². The van der Waals surface area contributed by atoms with Crippen molar-refractivity contribution in [3.05, 3.63) is 17.8 Å². The monoisotopic (exact) mass is 278 g/mol. The van der Waals surface area contributed by atoms with Gasteiger partial charge in [-0.15, -0.1) is 10.2 Å². The molecule has 0 saturated carbocycles. The van der Waals surface area contributed by atoms with E-state index in [0.717, 1.165) is 6.54 Å². The van der Waals surface area contributed by atoms with Crippen molar-refractivity contribution in [3.63, 3.8) is 0 Å². The summed E-state index contributed by atoms with van der Waals surface area (Å²) in [6, 6.07) is 3.47. The van der Waals surface area contributed by atoms with E-state index >= 15 is 0 Å². The lowest BCUT2D eigenvalue weighted by Crippen LogP contribution is -2.24. The predicted molar refractivity (Wildman–Crippen MR) is 81.8 cm³/mol. The van der Waals surface area contributed by atoms with Crippen LogP contribution in [0.4, 0.5) is 5.82 Å². The van der Waals surface area contributed by atoms with Crippen molar-refractivity contribution in [2.45, 2.75) is 46.5 Å². The van der Waals surface area contributed by atoms with E-state index in [-0.39, 0.29) is 11.3 Å². The van der Waals surface area contributed by atoms with Crippen molar-refractivity contribution in [3.8, 4) is 0 Å². The van der Waals surface area contributed by atoms with Crippen LogP contribution in [0.15, 0.2) is 12.1 Å². The van der Waals surface area contributed by atoms with Gasteiger partial charge in [0.15, 0.2) is 5.69 Å². The third-order valence-corrected chi connectivity index (χ3v) is 3.33. The van der Waals surface area contributed by atoms with Gasteiger partial charge < -0.3 is 10.6 Å². The number of nitrogens with one attached hydrogen (secondary N) is 2. The number of hydrogen-bond acceptors (Lipinski definition) is 4. The first-order valence-electron chi connectivity index (χ1n) is 7.28. The van der Waals surface area contributed by atoms with Gasteiger partial charge in [-0.1, -0.05) is 40.0 Å². The molecule has 112 valence electrons. The molecule has 0 fully saturated rings. The number of anilines is 1. The second-order valence-corrected chi connectivity index (χ2v) is 5.86. The van der Waals surface area contributed by atoms with Gasteiger partial charge in [0.05, 0.1) is 0 Å². The molecule has 0 unspecified atom stereocenters. The van der Waals surface area contributed by atoms with Gasteiger partial charge in [-0.3, -0.25) is 4.79 Å². The number of unbranched alkanes of at least 4 members (excludes halogenated alkanes) is 2. The number of carbonyl (C=O) groups excluding carboxylic acids is 1. The molecule has 0 aliphatic carbocycles. The first-order chi connectivity index (χ1) is 9.48. The second kappa shape index (κ2) is 7.82. The molecule has 0 aliphatic heterocycles. The van der Waals surface area contributed by atoms with Gasteiger partial charge >= 0.3 is 0 Å². The topological polar surface area (TPSA) is 66.9 Å². The molecule has 1 rings (SSSR count). The molecule has 1 aromatic rings. The Morgan fingerprint density at radius 2 is 2.00 bits per heavy atom. The number of amides is 1. The van der Waals surface area contributed by atoms with Crippen LogP contribution >= 0.6 is 0 Å². The van der Waals surface area contributed by atoms with Gasteiger partial charge in [0.2, 0.25) is 0 Å². The summed E-state index contributed by atoms with van der Waals surface area (Å²) in [5.41, 5.74) is 0.566. The summed E-state index contributed by atoms with van der Waals surface area (Å²) in [4.78, 5) is 11.4. The fourth-order valence-electron chi connectivity index (χ4n) is 1.95. The smallest absolute Gasteiger partial charge is 0.271 e. The van der Waals surface area contributed by atoms with Gasteiger partial charge in [-0.2, -0.15) is 0 Å². The Bertz CT molecular complexity index is 414. The van der Waals surface area contributed by atoms with Crippen molar-refractivity contribution in [2.75, 3.05) is 18.9 Å². The molecule has 5 heteroatoms. The van der Waals surface area contributed by atoms with E-state index in [1.54, 1.807) is 19.2 Å². The third kappa shape index (κ3) is 5.55. The maximum Gasteiger partial charge on any atom is 0.271 e. The summed E-state index contributed by atoms with van der Waals surface area (Å²) in [6.07, 6.45) is 4.98. The van der Waals surface area contributed by atoms with Crippen molar-refractivity contribution in [1.29, 1.82) is 0 Å². The standard InChI is InChI=1S/C15H26N4O/c1-5-6-7-10-15(2,3)11-17-13-9-8-12(18-19-13)14(20)16-4/h8-9H,5-7,10-11H2,1-4H3,(H,16,20)(H,17,19). The SMILES string of the molecule is CCCCCC(C)(C)CNc1ccc(C(=O)NC)nn1. The summed E-state index contributed by atoms with van der Waals surface area (Å²) in [5.74, 6) is 0.491. The number of carbonyl (C=O) groups is 1. The Hall–Kier alpha value is -1.65. The molecule has 1 amide bonds. The molecule has 2 N–H and O–H groups in total. The number of aromatic nitrogens is 2. The Kier molecular flexibility index (Phi) is 6.42. The Balaban J connectivity index is 2.46. The maximum absolute atomic E-state index is 11.4. The first-order valence-corrected chi connectivity index (χ1v) is 7.28. The van der Waals surface area contributed by atoms with E-state index < -0.39 is 0 Å². The number of nitrogens with zero attached hydrogens (tertiary/aromatic N) is 2. The van der Waals surface area contributed by atoms with Gasteiger partial charge in [0, 0.05) is 13.6 Å². The minimum atomic E-state index is -0.219. The Morgan fingerprint density at radius 3 is 2.55 bits per heavy atom. The maximum atomic E-state index is 11.4. The lowest BCUT2D eigenvalue weighted by atomic mass is 9.87. The van der Waals surface area contributed by atoms with Gasteiger partial charge in [-0.05, 0) is 24.0 Å². The second-order valence-electron chi connectivity index (χ2n) is 5.86. The average molecular weight is 278 g/mol. The largest absolute Gasteiger partial charge is 0.368 e. The molecule has 1 aromatic heterocycles. The summed E-state index contributed by atoms with van der Waals surface area (Å²) in [7, 11) is 1.58. The van der Waals surface area contributed by atoms with Gasteiger partial charge in [0.1, 0.15) is 5.82 Å². The molecular formula is C15H26N4O. The predicted octanol–water partition coefficient (Wildman–Crippen LogP) is 2.85. The van der Waals surface area contributed by atoms with E-state index in [4.69, 9.17) is 0 Å². The minimum Gasteiger partial charge on any atom is -0.368 e. The van der Waals surface area contributed by atoms with Crippen LogP contribution in [0.5, 0.6) is 0 Å². The summed E-state index contributed by atoms with van der Waals surface area (Å²) >= 11 is 0. The zero-order valence-electron chi connectivity index (χ0n) is 13.0. The summed E-state index contributed by atoms with van der Waals surface area (Å²) in [5, 5.41) is 13.7. The molecule has 1 heterocycles. The van der Waals surface area contributed by atoms with Crippen LogP contribution in [0.25, 0.3) is 0 Å². The Labute approximate surface area is 121 Å². The molecule has 0 spiro atoms. The van der Waals surface area contributed by atoms with Crippen LogP contribution in [0.2, 0.25) is 0 Å². The van der Waals surface area contributed by atoms with Gasteiger partial charge in [-0.25, -0.2) is 0 Å². The molecule has 0 bridgehead atoms. The third-order valence-electron chi connectivity index (χ3n) is 3.33. The molecule has 20 heavy (non-hydrogen) atoms. The molecule has 0 aliphatic rings. The number of rotatable bonds is 8. The van der Waals surface area contributed by atoms with Crippen LogP contribution < -0.4 is 10.6 Å². The van der Waals surface area contributed by atoms with Crippen LogP contribution in [0, 0.1) is 5.41 Å². The molecular weight excluding hydrogens is 252 g/mol. The van der Waals surface area contributed by atoms with Crippen LogP contribution in [-0.4, -0.2) is 29.7 Å². The summed E-state index contributed by atoms with van der Waals surface area (Å²) in [6.45, 7) is 7.57. The minimum absolute atomic E-state index is 0.219.